The Hall–Kier alpha value is -3.45. The second-order valence-corrected chi connectivity index (χ2v) is 9.10. The molecule has 2 amide bonds. The predicted molar refractivity (Wildman–Crippen MR) is 130 cm³/mol. The third-order valence-electron chi connectivity index (χ3n) is 6.71. The van der Waals surface area contributed by atoms with E-state index in [4.69, 9.17) is 4.42 Å². The van der Waals surface area contributed by atoms with Gasteiger partial charge in [0.05, 0.1) is 18.3 Å². The zero-order valence-electron chi connectivity index (χ0n) is 19.6. The lowest BCUT2D eigenvalue weighted by Gasteiger charge is -2.35. The average Bonchev–Trinajstić information content (AvgIpc) is 3.58. The fourth-order valence-electron chi connectivity index (χ4n) is 4.64. The molecular formula is C27H30N4O3. The molecule has 0 unspecified atom stereocenters. The summed E-state index contributed by atoms with van der Waals surface area (Å²) < 4.78 is 6.05. The fraction of sp³-hybridized carbons (Fsp3) is 0.370. The van der Waals surface area contributed by atoms with Crippen LogP contribution in [0.4, 0.5) is 0 Å². The standard InChI is InChI=1S/C27H30N4O3/c1-20-8-10-21(11-9-20)24-18-28-26(34-24)22-6-2-3-7-23(22)27(33)31-16-14-29(15-17-31)19-25(32)30-12-4-5-13-30/h2-3,6-11,18H,4-5,12-17,19H2,1H3. The monoisotopic (exact) mass is 458 g/mol. The molecule has 2 aliphatic heterocycles. The number of piperazine rings is 1. The molecule has 5 rings (SSSR count). The molecule has 0 N–H and O–H groups in total. The zero-order valence-corrected chi connectivity index (χ0v) is 19.6. The summed E-state index contributed by atoms with van der Waals surface area (Å²) in [6.07, 6.45) is 3.91. The van der Waals surface area contributed by atoms with Crippen molar-refractivity contribution in [3.05, 3.63) is 65.9 Å². The van der Waals surface area contributed by atoms with Gasteiger partial charge in [-0.3, -0.25) is 14.5 Å². The summed E-state index contributed by atoms with van der Waals surface area (Å²) in [5.41, 5.74) is 3.41. The Morgan fingerprint density at radius 2 is 1.59 bits per heavy atom. The van der Waals surface area contributed by atoms with Crippen molar-refractivity contribution >= 4 is 11.8 Å². The van der Waals surface area contributed by atoms with Crippen LogP contribution < -0.4 is 0 Å². The maximum absolute atomic E-state index is 13.4. The second kappa shape index (κ2) is 9.81. The number of likely N-dealkylation sites (tertiary alicyclic amines) is 1. The second-order valence-electron chi connectivity index (χ2n) is 9.10. The molecule has 2 fully saturated rings. The lowest BCUT2D eigenvalue weighted by Crippen LogP contribution is -2.51. The van der Waals surface area contributed by atoms with E-state index in [1.807, 2.05) is 65.3 Å². The number of carbonyl (C=O) groups excluding carboxylic acids is 2. The molecule has 0 aliphatic carbocycles. The Morgan fingerprint density at radius 1 is 0.882 bits per heavy atom. The van der Waals surface area contributed by atoms with E-state index in [2.05, 4.69) is 9.88 Å². The summed E-state index contributed by atoms with van der Waals surface area (Å²) in [6.45, 7) is 6.83. The topological polar surface area (TPSA) is 69.9 Å². The van der Waals surface area contributed by atoms with Crippen molar-refractivity contribution in [2.24, 2.45) is 0 Å². The maximum atomic E-state index is 13.4. The molecule has 0 radical (unpaired) electrons. The summed E-state index contributed by atoms with van der Waals surface area (Å²) in [5, 5.41) is 0. The van der Waals surface area contributed by atoms with E-state index in [1.54, 1.807) is 6.20 Å². The van der Waals surface area contributed by atoms with Gasteiger partial charge in [-0.15, -0.1) is 0 Å². The molecule has 0 bridgehead atoms. The number of carbonyl (C=O) groups is 2. The van der Waals surface area contributed by atoms with Crippen molar-refractivity contribution in [2.75, 3.05) is 45.8 Å². The number of aromatic nitrogens is 1. The van der Waals surface area contributed by atoms with Crippen molar-refractivity contribution < 1.29 is 14.0 Å². The normalized spacial score (nSPS) is 16.7. The van der Waals surface area contributed by atoms with Crippen molar-refractivity contribution in [3.8, 4) is 22.8 Å². The molecule has 3 aromatic rings. The summed E-state index contributed by atoms with van der Waals surface area (Å²) in [4.78, 5) is 36.3. The van der Waals surface area contributed by atoms with Gasteiger partial charge in [0.15, 0.2) is 5.76 Å². The van der Waals surface area contributed by atoms with Crippen molar-refractivity contribution in [1.82, 2.24) is 19.7 Å². The van der Waals surface area contributed by atoms with Gasteiger partial charge < -0.3 is 14.2 Å². The molecule has 0 spiro atoms. The van der Waals surface area contributed by atoms with Gasteiger partial charge in [-0.25, -0.2) is 4.98 Å². The summed E-state index contributed by atoms with van der Waals surface area (Å²) in [6, 6.07) is 15.5. The van der Waals surface area contributed by atoms with Crippen molar-refractivity contribution in [2.45, 2.75) is 19.8 Å². The van der Waals surface area contributed by atoms with Crippen LogP contribution in [0, 0.1) is 6.92 Å². The van der Waals surface area contributed by atoms with Crippen LogP contribution in [0.2, 0.25) is 0 Å². The first-order chi connectivity index (χ1) is 16.6. The number of nitrogens with zero attached hydrogens (tertiary/aromatic N) is 4. The third-order valence-corrected chi connectivity index (χ3v) is 6.71. The highest BCUT2D eigenvalue weighted by Crippen LogP contribution is 2.29. The molecule has 0 atom stereocenters. The minimum atomic E-state index is -0.0313. The minimum Gasteiger partial charge on any atom is -0.436 e. The van der Waals surface area contributed by atoms with Gasteiger partial charge in [-0.1, -0.05) is 42.0 Å². The van der Waals surface area contributed by atoms with Crippen LogP contribution in [0.1, 0.15) is 28.8 Å². The number of rotatable bonds is 5. The molecule has 34 heavy (non-hydrogen) atoms. The van der Waals surface area contributed by atoms with E-state index in [1.165, 1.54) is 5.56 Å². The van der Waals surface area contributed by atoms with E-state index in [-0.39, 0.29) is 11.8 Å². The van der Waals surface area contributed by atoms with Crippen LogP contribution in [-0.2, 0) is 4.79 Å². The number of hydrogen-bond acceptors (Lipinski definition) is 5. The van der Waals surface area contributed by atoms with Gasteiger partial charge in [0, 0.05) is 50.4 Å². The molecule has 3 heterocycles. The van der Waals surface area contributed by atoms with E-state index in [0.717, 1.165) is 31.5 Å². The summed E-state index contributed by atoms with van der Waals surface area (Å²) in [5.74, 6) is 1.29. The first kappa shape index (κ1) is 22.3. The largest absolute Gasteiger partial charge is 0.436 e. The summed E-state index contributed by atoms with van der Waals surface area (Å²) in [7, 11) is 0. The van der Waals surface area contributed by atoms with E-state index in [0.29, 0.717) is 55.5 Å². The van der Waals surface area contributed by atoms with Gasteiger partial charge in [0.2, 0.25) is 11.8 Å². The number of aryl methyl sites for hydroxylation is 1. The molecular weight excluding hydrogens is 428 g/mol. The van der Waals surface area contributed by atoms with Gasteiger partial charge in [-0.05, 0) is 31.9 Å². The van der Waals surface area contributed by atoms with Gasteiger partial charge in [0.25, 0.3) is 5.91 Å². The Bertz CT molecular complexity index is 1160. The lowest BCUT2D eigenvalue weighted by molar-refractivity contribution is -0.131. The van der Waals surface area contributed by atoms with Gasteiger partial charge in [-0.2, -0.15) is 0 Å². The number of benzene rings is 2. The number of hydrogen-bond donors (Lipinski definition) is 0. The van der Waals surface area contributed by atoms with Crippen molar-refractivity contribution in [3.63, 3.8) is 0 Å². The average molecular weight is 459 g/mol. The molecule has 2 aliphatic rings. The minimum absolute atomic E-state index is 0.0313. The summed E-state index contributed by atoms with van der Waals surface area (Å²) >= 11 is 0. The molecule has 7 heteroatoms. The molecule has 2 aromatic carbocycles. The fourth-order valence-corrected chi connectivity index (χ4v) is 4.64. The van der Waals surface area contributed by atoms with Crippen LogP contribution >= 0.6 is 0 Å². The van der Waals surface area contributed by atoms with Crippen LogP contribution in [0.15, 0.2) is 59.1 Å². The highest BCUT2D eigenvalue weighted by molar-refractivity contribution is 6.00. The van der Waals surface area contributed by atoms with Crippen LogP contribution in [-0.4, -0.2) is 77.3 Å². The number of amides is 2. The highest BCUT2D eigenvalue weighted by Gasteiger charge is 2.27. The van der Waals surface area contributed by atoms with E-state index in [9.17, 15) is 9.59 Å². The highest BCUT2D eigenvalue weighted by atomic mass is 16.4. The quantitative estimate of drug-likeness (QED) is 0.583. The molecule has 7 nitrogen and oxygen atoms in total. The number of oxazole rings is 1. The Kier molecular flexibility index (Phi) is 6.45. The Morgan fingerprint density at radius 3 is 2.32 bits per heavy atom. The lowest BCUT2D eigenvalue weighted by atomic mass is 10.1. The smallest absolute Gasteiger partial charge is 0.254 e. The molecule has 176 valence electrons. The zero-order chi connectivity index (χ0) is 23.5. The maximum Gasteiger partial charge on any atom is 0.254 e. The van der Waals surface area contributed by atoms with Gasteiger partial charge >= 0.3 is 0 Å². The first-order valence-corrected chi connectivity index (χ1v) is 12.0. The SMILES string of the molecule is Cc1ccc(-c2cnc(-c3ccccc3C(=O)N3CCN(CC(=O)N4CCCC4)CC3)o2)cc1. The van der Waals surface area contributed by atoms with E-state index < -0.39 is 0 Å². The first-order valence-electron chi connectivity index (χ1n) is 12.0. The molecule has 2 saturated heterocycles. The Labute approximate surface area is 200 Å². The molecule has 1 aromatic heterocycles. The van der Waals surface area contributed by atoms with Crippen LogP contribution in [0.3, 0.4) is 0 Å². The molecule has 0 saturated carbocycles. The van der Waals surface area contributed by atoms with E-state index >= 15 is 0 Å². The predicted octanol–water partition coefficient (Wildman–Crippen LogP) is 3.70. The third kappa shape index (κ3) is 4.75. The van der Waals surface area contributed by atoms with Crippen LogP contribution in [0.25, 0.3) is 22.8 Å². The van der Waals surface area contributed by atoms with Crippen LogP contribution in [0.5, 0.6) is 0 Å². The van der Waals surface area contributed by atoms with Gasteiger partial charge in [0.1, 0.15) is 0 Å². The Balaban J connectivity index is 1.26. The van der Waals surface area contributed by atoms with Crippen molar-refractivity contribution in [1.29, 1.82) is 0 Å².